The SMILES string of the molecule is C=C(C)CN=C(N)NC[C@@H]1CCO[C@H]1c1ccnn1C. The van der Waals surface area contributed by atoms with Crippen LogP contribution >= 0.6 is 0 Å². The van der Waals surface area contributed by atoms with Crippen molar-refractivity contribution in [2.24, 2.45) is 23.7 Å². The Kier molecular flexibility index (Phi) is 4.79. The van der Waals surface area contributed by atoms with E-state index in [0.717, 1.165) is 30.8 Å². The van der Waals surface area contributed by atoms with Crippen LogP contribution in [-0.4, -0.2) is 35.4 Å². The first-order valence-electron chi connectivity index (χ1n) is 6.85. The van der Waals surface area contributed by atoms with Crippen molar-refractivity contribution in [2.75, 3.05) is 19.7 Å². The Hall–Kier alpha value is -1.82. The molecule has 0 unspecified atom stereocenters. The number of nitrogens with two attached hydrogens (primary N) is 1. The van der Waals surface area contributed by atoms with E-state index in [4.69, 9.17) is 10.5 Å². The molecule has 1 aromatic heterocycles. The number of hydrogen-bond acceptors (Lipinski definition) is 3. The Morgan fingerprint density at radius 3 is 3.15 bits per heavy atom. The van der Waals surface area contributed by atoms with Crippen LogP contribution in [0.3, 0.4) is 0 Å². The van der Waals surface area contributed by atoms with Crippen LogP contribution in [0.2, 0.25) is 0 Å². The van der Waals surface area contributed by atoms with Crippen LogP contribution < -0.4 is 11.1 Å². The van der Waals surface area contributed by atoms with E-state index in [-0.39, 0.29) is 6.10 Å². The minimum Gasteiger partial charge on any atom is -0.372 e. The first-order valence-corrected chi connectivity index (χ1v) is 6.85. The highest BCUT2D eigenvalue weighted by Crippen LogP contribution is 2.33. The summed E-state index contributed by atoms with van der Waals surface area (Å²) >= 11 is 0. The van der Waals surface area contributed by atoms with E-state index in [1.165, 1.54) is 0 Å². The van der Waals surface area contributed by atoms with E-state index in [2.05, 4.69) is 22.0 Å². The number of rotatable bonds is 5. The topological polar surface area (TPSA) is 77.5 Å². The van der Waals surface area contributed by atoms with Gasteiger partial charge in [0.25, 0.3) is 0 Å². The van der Waals surface area contributed by atoms with Crippen LogP contribution in [-0.2, 0) is 11.8 Å². The summed E-state index contributed by atoms with van der Waals surface area (Å²) in [4.78, 5) is 4.22. The maximum atomic E-state index is 5.83. The van der Waals surface area contributed by atoms with Gasteiger partial charge in [0.1, 0.15) is 6.10 Å². The number of nitrogens with zero attached hydrogens (tertiary/aromatic N) is 3. The molecular weight excluding hydrogens is 254 g/mol. The lowest BCUT2D eigenvalue weighted by Crippen LogP contribution is -2.36. The fourth-order valence-electron chi connectivity index (χ4n) is 2.34. The third kappa shape index (κ3) is 3.60. The Bertz CT molecular complexity index is 494. The molecule has 1 aliphatic rings. The van der Waals surface area contributed by atoms with Gasteiger partial charge in [-0.1, -0.05) is 12.2 Å². The van der Waals surface area contributed by atoms with Crippen molar-refractivity contribution in [3.63, 3.8) is 0 Å². The lowest BCUT2D eigenvalue weighted by molar-refractivity contribution is 0.0848. The quantitative estimate of drug-likeness (QED) is 0.478. The number of nitrogens with one attached hydrogen (secondary N) is 1. The molecule has 1 fully saturated rings. The minimum absolute atomic E-state index is 0.0731. The normalized spacial score (nSPS) is 23.0. The first kappa shape index (κ1) is 14.6. The lowest BCUT2D eigenvalue weighted by atomic mass is 9.99. The first-order chi connectivity index (χ1) is 9.58. The maximum Gasteiger partial charge on any atom is 0.188 e. The predicted octanol–water partition coefficient (Wildman–Crippen LogP) is 0.978. The summed E-state index contributed by atoms with van der Waals surface area (Å²) in [6.45, 7) is 7.81. The molecule has 2 rings (SSSR count). The van der Waals surface area contributed by atoms with E-state index in [1.807, 2.05) is 24.7 Å². The van der Waals surface area contributed by atoms with Crippen LogP contribution in [0.1, 0.15) is 25.1 Å². The summed E-state index contributed by atoms with van der Waals surface area (Å²) in [5, 5.41) is 7.37. The van der Waals surface area contributed by atoms with Crippen LogP contribution in [0.5, 0.6) is 0 Å². The smallest absolute Gasteiger partial charge is 0.188 e. The summed E-state index contributed by atoms with van der Waals surface area (Å²) in [7, 11) is 1.93. The summed E-state index contributed by atoms with van der Waals surface area (Å²) in [6.07, 6.45) is 2.88. The fraction of sp³-hybridized carbons (Fsp3) is 0.571. The molecule has 0 aliphatic carbocycles. The highest BCUT2D eigenvalue weighted by Gasteiger charge is 2.31. The van der Waals surface area contributed by atoms with Crippen molar-refractivity contribution in [3.8, 4) is 0 Å². The van der Waals surface area contributed by atoms with E-state index in [1.54, 1.807) is 6.20 Å². The van der Waals surface area contributed by atoms with Crippen molar-refractivity contribution in [1.29, 1.82) is 0 Å². The van der Waals surface area contributed by atoms with Gasteiger partial charge in [-0.05, 0) is 19.4 Å². The van der Waals surface area contributed by atoms with E-state index in [9.17, 15) is 0 Å². The van der Waals surface area contributed by atoms with Gasteiger partial charge in [0.05, 0.1) is 12.2 Å². The molecule has 3 N–H and O–H groups in total. The maximum absolute atomic E-state index is 5.83. The Balaban J connectivity index is 1.91. The minimum atomic E-state index is 0.0731. The number of aromatic nitrogens is 2. The molecule has 0 radical (unpaired) electrons. The Morgan fingerprint density at radius 2 is 2.50 bits per heavy atom. The molecular formula is C14H23N5O. The van der Waals surface area contributed by atoms with Crippen molar-refractivity contribution in [2.45, 2.75) is 19.4 Å². The summed E-state index contributed by atoms with van der Waals surface area (Å²) < 4.78 is 7.69. The van der Waals surface area contributed by atoms with Gasteiger partial charge >= 0.3 is 0 Å². The van der Waals surface area contributed by atoms with Crippen molar-refractivity contribution >= 4 is 5.96 Å². The van der Waals surface area contributed by atoms with Gasteiger partial charge < -0.3 is 15.8 Å². The molecule has 6 nitrogen and oxygen atoms in total. The Morgan fingerprint density at radius 1 is 1.70 bits per heavy atom. The average Bonchev–Trinajstić information content (AvgIpc) is 3.01. The second-order valence-corrected chi connectivity index (χ2v) is 5.26. The molecule has 1 aliphatic heterocycles. The molecule has 6 heteroatoms. The van der Waals surface area contributed by atoms with Crippen LogP contribution in [0.25, 0.3) is 0 Å². The van der Waals surface area contributed by atoms with Gasteiger partial charge in [0.15, 0.2) is 5.96 Å². The third-order valence-electron chi connectivity index (χ3n) is 3.43. The molecule has 1 aromatic rings. The molecule has 2 heterocycles. The molecule has 1 saturated heterocycles. The monoisotopic (exact) mass is 277 g/mol. The van der Waals surface area contributed by atoms with E-state index >= 15 is 0 Å². The molecule has 2 atom stereocenters. The van der Waals surface area contributed by atoms with Gasteiger partial charge in [-0.2, -0.15) is 5.10 Å². The number of ether oxygens (including phenoxy) is 1. The molecule has 0 bridgehead atoms. The van der Waals surface area contributed by atoms with Crippen LogP contribution in [0.15, 0.2) is 29.4 Å². The zero-order chi connectivity index (χ0) is 14.5. The van der Waals surface area contributed by atoms with E-state index in [0.29, 0.717) is 18.4 Å². The van der Waals surface area contributed by atoms with Gasteiger partial charge in [-0.15, -0.1) is 0 Å². The summed E-state index contributed by atoms with van der Waals surface area (Å²) in [5.74, 6) is 0.840. The lowest BCUT2D eigenvalue weighted by Gasteiger charge is -2.19. The zero-order valence-electron chi connectivity index (χ0n) is 12.2. The molecule has 0 saturated carbocycles. The molecule has 0 aromatic carbocycles. The fourth-order valence-corrected chi connectivity index (χ4v) is 2.34. The van der Waals surface area contributed by atoms with Crippen molar-refractivity contribution < 1.29 is 4.74 Å². The van der Waals surface area contributed by atoms with Gasteiger partial charge in [-0.3, -0.25) is 4.68 Å². The Labute approximate surface area is 119 Å². The van der Waals surface area contributed by atoms with Gasteiger partial charge in [0, 0.05) is 32.3 Å². The number of guanidine groups is 1. The van der Waals surface area contributed by atoms with Gasteiger partial charge in [0.2, 0.25) is 0 Å². The summed E-state index contributed by atoms with van der Waals surface area (Å²) in [5.41, 5.74) is 7.93. The van der Waals surface area contributed by atoms with E-state index < -0.39 is 0 Å². The number of aliphatic imine (C=N–C) groups is 1. The molecule has 110 valence electrons. The standard InChI is InChI=1S/C14H23N5O/c1-10(2)8-16-14(15)17-9-11-5-7-20-13(11)12-4-6-18-19(12)3/h4,6,11,13H,1,5,7-9H2,2-3H3,(H3,15,16,17)/t11-,13+/m0/s1. The van der Waals surface area contributed by atoms with Gasteiger partial charge in [-0.25, -0.2) is 4.99 Å². The average molecular weight is 277 g/mol. The zero-order valence-corrected chi connectivity index (χ0v) is 12.2. The number of aryl methyl sites for hydroxylation is 1. The highest BCUT2D eigenvalue weighted by atomic mass is 16.5. The summed E-state index contributed by atoms with van der Waals surface area (Å²) in [6, 6.07) is 2.00. The highest BCUT2D eigenvalue weighted by molar-refractivity contribution is 5.77. The number of hydrogen-bond donors (Lipinski definition) is 2. The molecule has 0 amide bonds. The largest absolute Gasteiger partial charge is 0.372 e. The predicted molar refractivity (Wildman–Crippen MR) is 79.3 cm³/mol. The molecule has 20 heavy (non-hydrogen) atoms. The van der Waals surface area contributed by atoms with Crippen molar-refractivity contribution in [3.05, 3.63) is 30.1 Å². The second-order valence-electron chi connectivity index (χ2n) is 5.26. The third-order valence-corrected chi connectivity index (χ3v) is 3.43. The molecule has 0 spiro atoms. The van der Waals surface area contributed by atoms with Crippen LogP contribution in [0.4, 0.5) is 0 Å². The second kappa shape index (κ2) is 6.56. The van der Waals surface area contributed by atoms with Crippen LogP contribution in [0, 0.1) is 5.92 Å². The van der Waals surface area contributed by atoms with Crippen molar-refractivity contribution in [1.82, 2.24) is 15.1 Å².